The number of pyridine rings is 2. The minimum atomic E-state index is -0.294. The highest BCUT2D eigenvalue weighted by molar-refractivity contribution is 7.73. The summed E-state index contributed by atoms with van der Waals surface area (Å²) >= 11 is 0. The van der Waals surface area contributed by atoms with Crippen LogP contribution in [0.15, 0.2) is 49.1 Å². The molecule has 98 valence electrons. The molecule has 2 heterocycles. The summed E-state index contributed by atoms with van der Waals surface area (Å²) in [7, 11) is -0.294. The van der Waals surface area contributed by atoms with Gasteiger partial charge in [-0.3, -0.25) is 9.97 Å². The molecule has 0 aromatic carbocycles. The molecule has 2 nitrogen and oxygen atoms in total. The van der Waals surface area contributed by atoms with Gasteiger partial charge in [0.1, 0.15) is 0 Å². The molecule has 1 aliphatic rings. The lowest BCUT2D eigenvalue weighted by atomic mass is 10.0. The van der Waals surface area contributed by atoms with Crippen LogP contribution in [-0.4, -0.2) is 15.6 Å². The molecule has 0 aliphatic heterocycles. The largest absolute Gasteiger partial charge is 0.264 e. The quantitative estimate of drug-likeness (QED) is 0.800. The van der Waals surface area contributed by atoms with Crippen LogP contribution < -0.4 is 10.6 Å². The van der Waals surface area contributed by atoms with E-state index in [4.69, 9.17) is 0 Å². The van der Waals surface area contributed by atoms with Crippen LogP contribution in [0.1, 0.15) is 32.1 Å². The van der Waals surface area contributed by atoms with Crippen molar-refractivity contribution in [2.24, 2.45) is 0 Å². The average molecular weight is 270 g/mol. The summed E-state index contributed by atoms with van der Waals surface area (Å²) in [5.41, 5.74) is 0.803. The van der Waals surface area contributed by atoms with Crippen molar-refractivity contribution < 1.29 is 0 Å². The fourth-order valence-electron chi connectivity index (χ4n) is 2.90. The maximum Gasteiger partial charge on any atom is 0.0348 e. The average Bonchev–Trinajstić information content (AvgIpc) is 2.51. The predicted molar refractivity (Wildman–Crippen MR) is 81.5 cm³/mol. The van der Waals surface area contributed by atoms with Gasteiger partial charge in [-0.05, 0) is 49.2 Å². The van der Waals surface area contributed by atoms with Crippen LogP contribution in [0.4, 0.5) is 0 Å². The molecule has 0 N–H and O–H groups in total. The van der Waals surface area contributed by atoms with Crippen molar-refractivity contribution in [3.63, 3.8) is 0 Å². The van der Waals surface area contributed by atoms with Gasteiger partial charge >= 0.3 is 0 Å². The molecule has 0 atom stereocenters. The van der Waals surface area contributed by atoms with E-state index in [1.807, 2.05) is 24.8 Å². The third-order valence-electron chi connectivity index (χ3n) is 3.79. The molecule has 1 saturated carbocycles. The van der Waals surface area contributed by atoms with E-state index in [9.17, 15) is 0 Å². The number of aromatic nitrogens is 2. The summed E-state index contributed by atoms with van der Waals surface area (Å²) in [6, 6.07) is 8.59. The van der Waals surface area contributed by atoms with Gasteiger partial charge in [-0.25, -0.2) is 0 Å². The van der Waals surface area contributed by atoms with Crippen LogP contribution in [-0.2, 0) is 0 Å². The van der Waals surface area contributed by atoms with E-state index in [1.165, 1.54) is 42.7 Å². The second-order valence-electron chi connectivity index (χ2n) is 5.08. The molecular weight excluding hydrogens is 251 g/mol. The van der Waals surface area contributed by atoms with Crippen molar-refractivity contribution in [3.8, 4) is 0 Å². The molecule has 3 rings (SSSR count). The van der Waals surface area contributed by atoms with Gasteiger partial charge in [0.2, 0.25) is 0 Å². The topological polar surface area (TPSA) is 25.8 Å². The molecule has 0 spiro atoms. The fraction of sp³-hybridized carbons (Fsp3) is 0.375. The smallest absolute Gasteiger partial charge is 0.0348 e. The number of nitrogens with zero attached hydrogens (tertiary/aromatic N) is 2. The maximum absolute atomic E-state index is 4.32. The third-order valence-corrected chi connectivity index (χ3v) is 6.68. The molecule has 2 aromatic heterocycles. The van der Waals surface area contributed by atoms with E-state index < -0.39 is 0 Å². The minimum absolute atomic E-state index is 0.294. The minimum Gasteiger partial charge on any atom is -0.264 e. The van der Waals surface area contributed by atoms with Gasteiger partial charge in [0.25, 0.3) is 0 Å². The van der Waals surface area contributed by atoms with Crippen LogP contribution in [0.2, 0.25) is 0 Å². The molecule has 0 radical (unpaired) electrons. The maximum atomic E-state index is 4.32. The van der Waals surface area contributed by atoms with Crippen molar-refractivity contribution in [3.05, 3.63) is 49.1 Å². The van der Waals surface area contributed by atoms with Crippen LogP contribution in [0.3, 0.4) is 0 Å². The van der Waals surface area contributed by atoms with Crippen LogP contribution >= 0.6 is 7.92 Å². The van der Waals surface area contributed by atoms with E-state index in [2.05, 4.69) is 34.2 Å². The van der Waals surface area contributed by atoms with Gasteiger partial charge in [0.05, 0.1) is 0 Å². The molecule has 3 heteroatoms. The lowest BCUT2D eigenvalue weighted by Crippen LogP contribution is -2.24. The van der Waals surface area contributed by atoms with E-state index in [0.717, 1.165) is 5.66 Å². The van der Waals surface area contributed by atoms with Crippen molar-refractivity contribution >= 4 is 18.5 Å². The van der Waals surface area contributed by atoms with Crippen molar-refractivity contribution in [2.45, 2.75) is 37.8 Å². The Hall–Kier alpha value is -1.27. The van der Waals surface area contributed by atoms with E-state index in [1.54, 1.807) is 0 Å². The van der Waals surface area contributed by atoms with Crippen molar-refractivity contribution in [1.82, 2.24) is 9.97 Å². The number of rotatable bonds is 3. The standard InChI is InChI=1S/C16H19N2P/c1-2-6-14(7-3-1)19(15-8-4-10-17-12-15)16-9-5-11-18-13-16/h4-5,8-14H,1-3,6-7H2. The SMILES string of the molecule is c1cncc(P(c2cccnc2)C2CCCCC2)c1. The van der Waals surface area contributed by atoms with Crippen LogP contribution in [0, 0.1) is 0 Å². The zero-order chi connectivity index (χ0) is 12.9. The molecule has 1 fully saturated rings. The molecule has 0 saturated heterocycles. The zero-order valence-corrected chi connectivity index (χ0v) is 12.0. The summed E-state index contributed by atoms with van der Waals surface area (Å²) in [5, 5.41) is 2.80. The van der Waals surface area contributed by atoms with Gasteiger partial charge in [-0.15, -0.1) is 0 Å². The first-order valence-corrected chi connectivity index (χ1v) is 8.45. The Labute approximate surface area is 116 Å². The number of hydrogen-bond donors (Lipinski definition) is 0. The van der Waals surface area contributed by atoms with Gasteiger partial charge in [-0.2, -0.15) is 0 Å². The van der Waals surface area contributed by atoms with E-state index in [-0.39, 0.29) is 7.92 Å². The summed E-state index contributed by atoms with van der Waals surface area (Å²) in [6.07, 6.45) is 14.7. The molecule has 0 amide bonds. The lowest BCUT2D eigenvalue weighted by Gasteiger charge is -2.31. The Morgan fingerprint density at radius 2 is 1.42 bits per heavy atom. The van der Waals surface area contributed by atoms with E-state index in [0.29, 0.717) is 0 Å². The Morgan fingerprint density at radius 1 is 0.842 bits per heavy atom. The molecule has 0 unspecified atom stereocenters. The summed E-state index contributed by atoms with van der Waals surface area (Å²) in [5.74, 6) is 0. The fourth-order valence-corrected chi connectivity index (χ4v) is 5.80. The van der Waals surface area contributed by atoms with Crippen LogP contribution in [0.25, 0.3) is 0 Å². The molecule has 2 aromatic rings. The van der Waals surface area contributed by atoms with Crippen molar-refractivity contribution in [2.75, 3.05) is 0 Å². The molecule has 19 heavy (non-hydrogen) atoms. The molecule has 0 bridgehead atoms. The second-order valence-corrected chi connectivity index (χ2v) is 7.59. The van der Waals surface area contributed by atoms with Crippen LogP contribution in [0.5, 0.6) is 0 Å². The Balaban J connectivity index is 1.96. The lowest BCUT2D eigenvalue weighted by molar-refractivity contribution is 0.513. The summed E-state index contributed by atoms with van der Waals surface area (Å²) in [4.78, 5) is 8.64. The summed E-state index contributed by atoms with van der Waals surface area (Å²) < 4.78 is 0. The first-order valence-electron chi connectivity index (χ1n) is 7.04. The summed E-state index contributed by atoms with van der Waals surface area (Å²) in [6.45, 7) is 0. The van der Waals surface area contributed by atoms with Crippen molar-refractivity contribution in [1.29, 1.82) is 0 Å². The second kappa shape index (κ2) is 6.25. The van der Waals surface area contributed by atoms with Gasteiger partial charge in [0, 0.05) is 24.8 Å². The number of hydrogen-bond acceptors (Lipinski definition) is 2. The molecular formula is C16H19N2P. The van der Waals surface area contributed by atoms with Gasteiger partial charge in [-0.1, -0.05) is 31.4 Å². The first-order chi connectivity index (χ1) is 9.45. The van der Waals surface area contributed by atoms with E-state index >= 15 is 0 Å². The predicted octanol–water partition coefficient (Wildman–Crippen LogP) is 3.24. The Bertz CT molecular complexity index is 455. The Kier molecular flexibility index (Phi) is 4.20. The Morgan fingerprint density at radius 3 is 1.89 bits per heavy atom. The highest BCUT2D eigenvalue weighted by Gasteiger charge is 2.26. The normalized spacial score (nSPS) is 16.7. The highest BCUT2D eigenvalue weighted by atomic mass is 31.1. The van der Waals surface area contributed by atoms with Gasteiger partial charge in [0.15, 0.2) is 0 Å². The first kappa shape index (κ1) is 12.7. The third kappa shape index (κ3) is 3.01. The van der Waals surface area contributed by atoms with Gasteiger partial charge < -0.3 is 0 Å². The highest BCUT2D eigenvalue weighted by Crippen LogP contribution is 2.45. The monoisotopic (exact) mass is 270 g/mol. The zero-order valence-electron chi connectivity index (χ0n) is 11.1. The molecule has 1 aliphatic carbocycles.